The highest BCUT2D eigenvalue weighted by atomic mass is 32.1. The van der Waals surface area contributed by atoms with Gasteiger partial charge >= 0.3 is 0 Å². The van der Waals surface area contributed by atoms with Crippen LogP contribution >= 0.6 is 11.3 Å². The molecule has 1 heterocycles. The maximum Gasteiger partial charge on any atom is 0.00517 e. The van der Waals surface area contributed by atoms with E-state index < -0.39 is 0 Å². The van der Waals surface area contributed by atoms with Crippen LogP contribution in [0, 0.1) is 20.8 Å². The predicted molar refractivity (Wildman–Crippen MR) is 55.9 cm³/mol. The van der Waals surface area contributed by atoms with Crippen molar-refractivity contribution in [1.82, 2.24) is 0 Å². The summed E-state index contributed by atoms with van der Waals surface area (Å²) in [7, 11) is 0. The molecule has 0 unspecified atom stereocenters. The molecule has 0 aliphatic carbocycles. The van der Waals surface area contributed by atoms with Gasteiger partial charge in [0.2, 0.25) is 0 Å². The van der Waals surface area contributed by atoms with Crippen molar-refractivity contribution in [1.29, 1.82) is 0 Å². The SMILES string of the molecule is Cc1sc(C)c(CCCN)c1C. The van der Waals surface area contributed by atoms with Crippen LogP contribution in [0.15, 0.2) is 0 Å². The van der Waals surface area contributed by atoms with E-state index in [1.807, 2.05) is 11.3 Å². The van der Waals surface area contributed by atoms with Gasteiger partial charge in [0.05, 0.1) is 0 Å². The molecule has 2 heteroatoms. The third-order valence-corrected chi connectivity index (χ3v) is 3.51. The molecule has 0 fully saturated rings. The van der Waals surface area contributed by atoms with E-state index in [4.69, 9.17) is 5.73 Å². The summed E-state index contributed by atoms with van der Waals surface area (Å²) < 4.78 is 0. The Morgan fingerprint density at radius 1 is 1.17 bits per heavy atom. The van der Waals surface area contributed by atoms with Crippen molar-refractivity contribution in [2.45, 2.75) is 33.6 Å². The summed E-state index contributed by atoms with van der Waals surface area (Å²) >= 11 is 1.91. The first-order valence-corrected chi connectivity index (χ1v) is 5.24. The molecule has 0 amide bonds. The second-order valence-corrected chi connectivity index (χ2v) is 4.64. The van der Waals surface area contributed by atoms with Crippen LogP contribution in [-0.4, -0.2) is 6.54 Å². The van der Waals surface area contributed by atoms with Crippen molar-refractivity contribution in [3.63, 3.8) is 0 Å². The van der Waals surface area contributed by atoms with Gasteiger partial charge < -0.3 is 5.73 Å². The minimum absolute atomic E-state index is 0.799. The van der Waals surface area contributed by atoms with Gasteiger partial charge in [-0.15, -0.1) is 11.3 Å². The number of hydrogen-bond donors (Lipinski definition) is 1. The summed E-state index contributed by atoms with van der Waals surface area (Å²) in [6, 6.07) is 0. The van der Waals surface area contributed by atoms with Crippen LogP contribution in [0.1, 0.15) is 27.3 Å². The number of nitrogens with two attached hydrogens (primary N) is 1. The Morgan fingerprint density at radius 2 is 1.83 bits per heavy atom. The van der Waals surface area contributed by atoms with Crippen molar-refractivity contribution >= 4 is 11.3 Å². The molecule has 1 aromatic rings. The lowest BCUT2D eigenvalue weighted by Crippen LogP contribution is -2.01. The van der Waals surface area contributed by atoms with Crippen molar-refractivity contribution < 1.29 is 0 Å². The van der Waals surface area contributed by atoms with Gasteiger partial charge in [-0.2, -0.15) is 0 Å². The molecule has 1 aromatic heterocycles. The summed E-state index contributed by atoms with van der Waals surface area (Å²) in [4.78, 5) is 2.93. The predicted octanol–water partition coefficient (Wildman–Crippen LogP) is 2.56. The Bertz CT molecular complexity index is 263. The van der Waals surface area contributed by atoms with Crippen LogP contribution in [0.25, 0.3) is 0 Å². The van der Waals surface area contributed by atoms with E-state index >= 15 is 0 Å². The molecule has 0 spiro atoms. The van der Waals surface area contributed by atoms with Crippen molar-refractivity contribution in [3.8, 4) is 0 Å². The highest BCUT2D eigenvalue weighted by Crippen LogP contribution is 2.27. The third-order valence-electron chi connectivity index (χ3n) is 2.34. The summed E-state index contributed by atoms with van der Waals surface area (Å²) in [5.74, 6) is 0. The second-order valence-electron chi connectivity index (χ2n) is 3.21. The average molecular weight is 183 g/mol. The van der Waals surface area contributed by atoms with Gasteiger partial charge in [-0.25, -0.2) is 0 Å². The maximum absolute atomic E-state index is 5.49. The average Bonchev–Trinajstić information content (AvgIpc) is 2.25. The molecule has 0 aliphatic heterocycles. The van der Waals surface area contributed by atoms with Gasteiger partial charge in [-0.3, -0.25) is 0 Å². The molecule has 0 aliphatic rings. The number of aryl methyl sites for hydroxylation is 2. The molecule has 1 rings (SSSR count). The summed E-state index contributed by atoms with van der Waals surface area (Å²) in [5, 5.41) is 0. The monoisotopic (exact) mass is 183 g/mol. The fourth-order valence-electron chi connectivity index (χ4n) is 1.49. The molecule has 2 N–H and O–H groups in total. The van der Waals surface area contributed by atoms with Gasteiger partial charge in [0.1, 0.15) is 0 Å². The van der Waals surface area contributed by atoms with E-state index in [9.17, 15) is 0 Å². The van der Waals surface area contributed by atoms with Crippen molar-refractivity contribution in [3.05, 3.63) is 20.9 Å². The van der Waals surface area contributed by atoms with E-state index in [0.29, 0.717) is 0 Å². The highest BCUT2D eigenvalue weighted by Gasteiger charge is 2.07. The topological polar surface area (TPSA) is 26.0 Å². The lowest BCUT2D eigenvalue weighted by atomic mass is 10.1. The maximum atomic E-state index is 5.49. The van der Waals surface area contributed by atoms with Crippen LogP contribution in [0.2, 0.25) is 0 Å². The Kier molecular flexibility index (Phi) is 3.29. The van der Waals surface area contributed by atoms with E-state index in [-0.39, 0.29) is 0 Å². The van der Waals surface area contributed by atoms with E-state index in [2.05, 4.69) is 20.8 Å². The van der Waals surface area contributed by atoms with Gasteiger partial charge in [-0.1, -0.05) is 0 Å². The lowest BCUT2D eigenvalue weighted by molar-refractivity contribution is 0.827. The smallest absolute Gasteiger partial charge is 0.00517 e. The molecule has 0 atom stereocenters. The molecule has 0 radical (unpaired) electrons. The minimum atomic E-state index is 0.799. The van der Waals surface area contributed by atoms with Crippen LogP contribution in [0.5, 0.6) is 0 Å². The highest BCUT2D eigenvalue weighted by molar-refractivity contribution is 7.12. The zero-order chi connectivity index (χ0) is 9.14. The Morgan fingerprint density at radius 3 is 2.25 bits per heavy atom. The molecule has 68 valence electrons. The quantitative estimate of drug-likeness (QED) is 0.765. The van der Waals surface area contributed by atoms with Crippen molar-refractivity contribution in [2.24, 2.45) is 5.73 Å². The number of rotatable bonds is 3. The fraction of sp³-hybridized carbons (Fsp3) is 0.600. The fourth-order valence-corrected chi connectivity index (χ4v) is 2.60. The largest absolute Gasteiger partial charge is 0.330 e. The van der Waals surface area contributed by atoms with Gasteiger partial charge in [0, 0.05) is 9.75 Å². The van der Waals surface area contributed by atoms with Crippen LogP contribution in [0.4, 0.5) is 0 Å². The summed E-state index contributed by atoms with van der Waals surface area (Å²) in [6.45, 7) is 7.41. The summed E-state index contributed by atoms with van der Waals surface area (Å²) in [5.41, 5.74) is 8.49. The van der Waals surface area contributed by atoms with E-state index in [1.54, 1.807) is 0 Å². The normalized spacial score (nSPS) is 10.7. The third kappa shape index (κ3) is 1.87. The van der Waals surface area contributed by atoms with Crippen LogP contribution in [-0.2, 0) is 6.42 Å². The Labute approximate surface area is 78.6 Å². The molecular formula is C10H17NS. The number of hydrogen-bond acceptors (Lipinski definition) is 2. The summed E-state index contributed by atoms with van der Waals surface area (Å²) in [6.07, 6.45) is 2.26. The molecule has 12 heavy (non-hydrogen) atoms. The minimum Gasteiger partial charge on any atom is -0.330 e. The Hall–Kier alpha value is -0.340. The zero-order valence-corrected chi connectivity index (χ0v) is 8.92. The van der Waals surface area contributed by atoms with Gasteiger partial charge in [0.15, 0.2) is 0 Å². The van der Waals surface area contributed by atoms with Gasteiger partial charge in [0.25, 0.3) is 0 Å². The second kappa shape index (κ2) is 4.06. The Balaban J connectivity index is 2.82. The van der Waals surface area contributed by atoms with Gasteiger partial charge in [-0.05, 0) is 51.3 Å². The first kappa shape index (κ1) is 9.75. The molecule has 0 saturated carbocycles. The van der Waals surface area contributed by atoms with Crippen molar-refractivity contribution in [2.75, 3.05) is 6.54 Å². The molecule has 0 aromatic carbocycles. The zero-order valence-electron chi connectivity index (χ0n) is 8.11. The first-order valence-electron chi connectivity index (χ1n) is 4.42. The standard InChI is InChI=1S/C10H17NS/c1-7-8(2)12-9(3)10(7)5-4-6-11/h4-6,11H2,1-3H3. The lowest BCUT2D eigenvalue weighted by Gasteiger charge is -2.00. The van der Waals surface area contributed by atoms with E-state index in [1.165, 1.54) is 20.9 Å². The number of thiophene rings is 1. The molecular weight excluding hydrogens is 166 g/mol. The van der Waals surface area contributed by atoms with E-state index in [0.717, 1.165) is 19.4 Å². The van der Waals surface area contributed by atoms with Crippen LogP contribution < -0.4 is 5.73 Å². The molecule has 1 nitrogen and oxygen atoms in total. The first-order chi connectivity index (χ1) is 5.66. The molecule has 0 bridgehead atoms. The van der Waals surface area contributed by atoms with Crippen LogP contribution in [0.3, 0.4) is 0 Å². The molecule has 0 saturated heterocycles.